The van der Waals surface area contributed by atoms with Crippen LogP contribution in [0.5, 0.6) is 0 Å². The van der Waals surface area contributed by atoms with Gasteiger partial charge >= 0.3 is 5.97 Å². The van der Waals surface area contributed by atoms with Gasteiger partial charge in [0.2, 0.25) is 0 Å². The Kier molecular flexibility index (Phi) is 2.39. The molecule has 0 saturated heterocycles. The second kappa shape index (κ2) is 3.57. The third-order valence-electron chi connectivity index (χ3n) is 3.27. The van der Waals surface area contributed by atoms with E-state index in [1.54, 1.807) is 12.3 Å². The van der Waals surface area contributed by atoms with Crippen LogP contribution in [0.25, 0.3) is 6.08 Å². The lowest BCUT2D eigenvalue weighted by Gasteiger charge is -2.38. The van der Waals surface area contributed by atoms with Crippen molar-refractivity contribution in [3.63, 3.8) is 0 Å². The largest absolute Gasteiger partial charge is 0.481 e. The van der Waals surface area contributed by atoms with Gasteiger partial charge in [-0.15, -0.1) is 0 Å². The van der Waals surface area contributed by atoms with Crippen molar-refractivity contribution in [2.45, 2.75) is 26.2 Å². The topological polar surface area (TPSA) is 50.4 Å². The van der Waals surface area contributed by atoms with Crippen LogP contribution in [0.2, 0.25) is 0 Å². The van der Waals surface area contributed by atoms with Gasteiger partial charge in [-0.1, -0.05) is 12.0 Å². The number of carboxylic acids is 1. The molecule has 1 N–H and O–H groups in total. The van der Waals surface area contributed by atoms with Crippen molar-refractivity contribution in [3.05, 3.63) is 29.7 Å². The van der Waals surface area contributed by atoms with Crippen LogP contribution in [0.15, 0.2) is 28.4 Å². The lowest BCUT2D eigenvalue weighted by molar-refractivity contribution is -0.151. The molecule has 0 unspecified atom stereocenters. The molecular formula is C12H14O3. The molecule has 0 aromatic carbocycles. The first-order chi connectivity index (χ1) is 7.15. The fourth-order valence-electron chi connectivity index (χ4n) is 2.03. The van der Waals surface area contributed by atoms with Gasteiger partial charge < -0.3 is 9.52 Å². The summed E-state index contributed by atoms with van der Waals surface area (Å²) in [6, 6.07) is 3.63. The lowest BCUT2D eigenvalue weighted by Crippen LogP contribution is -2.38. The van der Waals surface area contributed by atoms with E-state index in [4.69, 9.17) is 4.42 Å². The summed E-state index contributed by atoms with van der Waals surface area (Å²) >= 11 is 0. The minimum Gasteiger partial charge on any atom is -0.481 e. The molecule has 1 saturated carbocycles. The van der Waals surface area contributed by atoms with E-state index in [2.05, 4.69) is 0 Å². The molecule has 1 heterocycles. The van der Waals surface area contributed by atoms with Crippen molar-refractivity contribution >= 4 is 12.0 Å². The number of carboxylic acid groups (broad SMARTS) is 1. The van der Waals surface area contributed by atoms with Gasteiger partial charge in [0.05, 0.1) is 11.7 Å². The summed E-state index contributed by atoms with van der Waals surface area (Å²) in [7, 11) is 0. The van der Waals surface area contributed by atoms with Crippen molar-refractivity contribution < 1.29 is 14.3 Å². The zero-order valence-corrected chi connectivity index (χ0v) is 8.69. The predicted octanol–water partition coefficient (Wildman–Crippen LogP) is 2.94. The number of aliphatic carboxylic acids is 1. The third-order valence-corrected chi connectivity index (χ3v) is 3.27. The van der Waals surface area contributed by atoms with E-state index in [0.717, 1.165) is 30.6 Å². The number of hydrogen-bond acceptors (Lipinski definition) is 2. The minimum absolute atomic E-state index is 0.632. The second-order valence-corrected chi connectivity index (χ2v) is 4.08. The van der Waals surface area contributed by atoms with E-state index in [-0.39, 0.29) is 0 Å². The van der Waals surface area contributed by atoms with Gasteiger partial charge in [0.1, 0.15) is 5.76 Å². The zero-order valence-electron chi connectivity index (χ0n) is 8.69. The van der Waals surface area contributed by atoms with Gasteiger partial charge in [0.25, 0.3) is 0 Å². The fraction of sp³-hybridized carbons (Fsp3) is 0.417. The van der Waals surface area contributed by atoms with Crippen molar-refractivity contribution in [1.29, 1.82) is 0 Å². The average Bonchev–Trinajstić information content (AvgIpc) is 2.53. The normalized spacial score (nSPS) is 19.7. The molecule has 0 amide bonds. The molecule has 15 heavy (non-hydrogen) atoms. The van der Waals surface area contributed by atoms with Crippen LogP contribution in [-0.4, -0.2) is 11.1 Å². The summed E-state index contributed by atoms with van der Waals surface area (Å²) in [5.41, 5.74) is 0.253. The summed E-state index contributed by atoms with van der Waals surface area (Å²) in [6.07, 6.45) is 5.90. The molecule has 1 fully saturated rings. The van der Waals surface area contributed by atoms with Gasteiger partial charge in [-0.05, 0) is 38.0 Å². The maximum Gasteiger partial charge on any atom is 0.313 e. The summed E-state index contributed by atoms with van der Waals surface area (Å²) in [4.78, 5) is 11.2. The summed E-state index contributed by atoms with van der Waals surface area (Å²) in [5.74, 6) is 0.00841. The molecule has 1 aromatic heterocycles. The fourth-order valence-corrected chi connectivity index (χ4v) is 2.03. The number of carbonyl (C=O) groups is 1. The Balaban J connectivity index is 2.26. The van der Waals surface area contributed by atoms with Crippen LogP contribution in [0.4, 0.5) is 0 Å². The highest BCUT2D eigenvalue weighted by atomic mass is 16.4. The molecule has 0 spiro atoms. The first-order valence-electron chi connectivity index (χ1n) is 5.11. The maximum atomic E-state index is 11.2. The molecule has 0 atom stereocenters. The number of rotatable bonds is 3. The molecule has 1 aliphatic carbocycles. The molecule has 0 aliphatic heterocycles. The van der Waals surface area contributed by atoms with Crippen LogP contribution in [0.1, 0.15) is 31.9 Å². The molecule has 80 valence electrons. The lowest BCUT2D eigenvalue weighted by atomic mass is 9.64. The second-order valence-electron chi connectivity index (χ2n) is 4.08. The standard InChI is InChI=1S/C12H14O3/c1-9(8-10-4-2-7-15-10)12(11(13)14)5-3-6-12/h2,4,7-8H,3,5-6H2,1H3,(H,13,14)/b9-8+. The molecular weight excluding hydrogens is 192 g/mol. The SMILES string of the molecule is C/C(=C\c1ccco1)C1(C(=O)O)CCC1. The van der Waals surface area contributed by atoms with E-state index in [1.807, 2.05) is 19.1 Å². The highest BCUT2D eigenvalue weighted by Gasteiger charge is 2.45. The molecule has 0 bridgehead atoms. The van der Waals surface area contributed by atoms with Gasteiger partial charge in [-0.3, -0.25) is 4.79 Å². The smallest absolute Gasteiger partial charge is 0.313 e. The highest BCUT2D eigenvalue weighted by molar-refractivity contribution is 5.81. The minimum atomic E-state index is -0.714. The van der Waals surface area contributed by atoms with E-state index in [9.17, 15) is 9.90 Å². The van der Waals surface area contributed by atoms with E-state index in [0.29, 0.717) is 0 Å². The van der Waals surface area contributed by atoms with Crippen molar-refractivity contribution in [1.82, 2.24) is 0 Å². The van der Waals surface area contributed by atoms with Gasteiger partial charge in [0, 0.05) is 0 Å². The Morgan fingerprint density at radius 2 is 2.33 bits per heavy atom. The van der Waals surface area contributed by atoms with Crippen LogP contribution < -0.4 is 0 Å². The first kappa shape index (κ1) is 10.0. The van der Waals surface area contributed by atoms with Crippen molar-refractivity contribution in [3.8, 4) is 0 Å². The summed E-state index contributed by atoms with van der Waals surface area (Å²) in [5, 5.41) is 9.21. The van der Waals surface area contributed by atoms with Gasteiger partial charge in [-0.2, -0.15) is 0 Å². The third kappa shape index (κ3) is 1.58. The summed E-state index contributed by atoms with van der Waals surface area (Å²) in [6.45, 7) is 1.87. The van der Waals surface area contributed by atoms with Crippen LogP contribution in [0, 0.1) is 5.41 Å². The van der Waals surface area contributed by atoms with E-state index < -0.39 is 11.4 Å². The molecule has 3 nitrogen and oxygen atoms in total. The number of furan rings is 1. The van der Waals surface area contributed by atoms with E-state index >= 15 is 0 Å². The quantitative estimate of drug-likeness (QED) is 0.827. The molecule has 0 radical (unpaired) electrons. The first-order valence-corrected chi connectivity index (χ1v) is 5.11. The molecule has 1 aliphatic rings. The Labute approximate surface area is 88.4 Å². The zero-order chi connectivity index (χ0) is 10.9. The summed E-state index contributed by atoms with van der Waals surface area (Å²) < 4.78 is 5.18. The Morgan fingerprint density at radius 3 is 2.73 bits per heavy atom. The Hall–Kier alpha value is -1.51. The van der Waals surface area contributed by atoms with Crippen LogP contribution in [0.3, 0.4) is 0 Å². The van der Waals surface area contributed by atoms with Crippen LogP contribution >= 0.6 is 0 Å². The van der Waals surface area contributed by atoms with Crippen LogP contribution in [-0.2, 0) is 4.79 Å². The molecule has 1 aromatic rings. The maximum absolute atomic E-state index is 11.2. The van der Waals surface area contributed by atoms with Crippen molar-refractivity contribution in [2.24, 2.45) is 5.41 Å². The van der Waals surface area contributed by atoms with Gasteiger partial charge in [-0.25, -0.2) is 0 Å². The Bertz CT molecular complexity index is 383. The monoisotopic (exact) mass is 206 g/mol. The highest BCUT2D eigenvalue weighted by Crippen LogP contribution is 2.47. The van der Waals surface area contributed by atoms with Gasteiger partial charge in [0.15, 0.2) is 0 Å². The molecule has 3 heteroatoms. The van der Waals surface area contributed by atoms with Crippen molar-refractivity contribution in [2.75, 3.05) is 0 Å². The average molecular weight is 206 g/mol. The predicted molar refractivity (Wildman–Crippen MR) is 56.3 cm³/mol. The van der Waals surface area contributed by atoms with E-state index in [1.165, 1.54) is 0 Å². The Morgan fingerprint density at radius 1 is 1.60 bits per heavy atom. The molecule has 2 rings (SSSR count). The number of hydrogen-bond donors (Lipinski definition) is 1.